The predicted octanol–water partition coefficient (Wildman–Crippen LogP) is 1.68. The Morgan fingerprint density at radius 3 is 2.46 bits per heavy atom. The van der Waals surface area contributed by atoms with Crippen molar-refractivity contribution in [3.05, 3.63) is 22.2 Å². The molecular formula is C16H22BrN3O3S. The predicted molar refractivity (Wildman–Crippen MR) is 96.7 cm³/mol. The minimum absolute atomic E-state index is 0.0362. The lowest BCUT2D eigenvalue weighted by Gasteiger charge is -2.32. The molecule has 3 rings (SSSR count). The molecule has 24 heavy (non-hydrogen) atoms. The molecule has 1 aromatic carbocycles. The van der Waals surface area contributed by atoms with E-state index < -0.39 is 10.0 Å². The summed E-state index contributed by atoms with van der Waals surface area (Å²) in [6.45, 7) is 4.72. The quantitative estimate of drug-likeness (QED) is 0.753. The van der Waals surface area contributed by atoms with Crippen molar-refractivity contribution in [1.82, 2.24) is 9.21 Å². The fraction of sp³-hybridized carbons (Fsp3) is 0.562. The van der Waals surface area contributed by atoms with E-state index in [2.05, 4.69) is 20.8 Å². The second kappa shape index (κ2) is 6.74. The number of piperazine rings is 1. The Morgan fingerprint density at radius 2 is 1.83 bits per heavy atom. The number of carbonyl (C=O) groups excluding carboxylic acids is 1. The molecule has 2 aliphatic heterocycles. The molecule has 1 aromatic rings. The zero-order valence-electron chi connectivity index (χ0n) is 14.0. The van der Waals surface area contributed by atoms with Crippen LogP contribution in [0.25, 0.3) is 0 Å². The van der Waals surface area contributed by atoms with Crippen LogP contribution in [0.1, 0.15) is 18.9 Å². The molecule has 2 heterocycles. The van der Waals surface area contributed by atoms with Gasteiger partial charge in [-0.1, -0.05) is 22.9 Å². The van der Waals surface area contributed by atoms with Crippen LogP contribution >= 0.6 is 15.9 Å². The topological polar surface area (TPSA) is 60.9 Å². The number of hydrogen-bond acceptors (Lipinski definition) is 4. The second-order valence-electron chi connectivity index (χ2n) is 6.27. The summed E-state index contributed by atoms with van der Waals surface area (Å²) in [5.41, 5.74) is 1.49. The third-order valence-electron chi connectivity index (χ3n) is 4.68. The number of fused-ring (bicyclic) bond motifs is 1. The molecule has 0 unspecified atom stereocenters. The van der Waals surface area contributed by atoms with Crippen LogP contribution in [0.3, 0.4) is 0 Å². The molecular weight excluding hydrogens is 394 g/mol. The van der Waals surface area contributed by atoms with Gasteiger partial charge in [-0.2, -0.15) is 4.31 Å². The number of sulfonamides is 1. The molecule has 0 spiro atoms. The van der Waals surface area contributed by atoms with Gasteiger partial charge in [-0.3, -0.25) is 4.79 Å². The van der Waals surface area contributed by atoms with E-state index in [0.717, 1.165) is 10.0 Å². The van der Waals surface area contributed by atoms with Gasteiger partial charge in [0.25, 0.3) is 0 Å². The fourth-order valence-electron chi connectivity index (χ4n) is 3.27. The average Bonchev–Trinajstić information content (AvgIpc) is 2.97. The Hall–Kier alpha value is -0.960. The van der Waals surface area contributed by atoms with Crippen molar-refractivity contribution >= 4 is 37.5 Å². The molecule has 0 N–H and O–H groups in total. The standard InChI is InChI=1S/C16H22BrN3O3S/c1-3-15(21)20-5-4-12-10-13(17)11-14(16(12)20)24(22,23)19-8-6-18(2)7-9-19/h10-11H,3-9H2,1-2H3. The highest BCUT2D eigenvalue weighted by molar-refractivity contribution is 9.10. The van der Waals surface area contributed by atoms with Crippen molar-refractivity contribution in [2.75, 3.05) is 44.7 Å². The van der Waals surface area contributed by atoms with Crippen LogP contribution in [0.5, 0.6) is 0 Å². The molecule has 132 valence electrons. The number of carbonyl (C=O) groups is 1. The maximum absolute atomic E-state index is 13.2. The van der Waals surface area contributed by atoms with Gasteiger partial charge < -0.3 is 9.80 Å². The number of anilines is 1. The lowest BCUT2D eigenvalue weighted by Crippen LogP contribution is -2.47. The molecule has 0 saturated carbocycles. The van der Waals surface area contributed by atoms with Crippen LogP contribution in [0.2, 0.25) is 0 Å². The van der Waals surface area contributed by atoms with E-state index in [0.29, 0.717) is 51.3 Å². The summed E-state index contributed by atoms with van der Waals surface area (Å²) in [4.78, 5) is 16.3. The monoisotopic (exact) mass is 415 g/mol. The highest BCUT2D eigenvalue weighted by Gasteiger charge is 2.35. The highest BCUT2D eigenvalue weighted by Crippen LogP contribution is 2.39. The zero-order valence-corrected chi connectivity index (χ0v) is 16.4. The normalized spacial score (nSPS) is 19.5. The summed E-state index contributed by atoms with van der Waals surface area (Å²) >= 11 is 3.42. The van der Waals surface area contributed by atoms with Crippen molar-refractivity contribution in [2.45, 2.75) is 24.7 Å². The van der Waals surface area contributed by atoms with E-state index in [4.69, 9.17) is 0 Å². The van der Waals surface area contributed by atoms with E-state index in [1.165, 1.54) is 4.31 Å². The van der Waals surface area contributed by atoms with Crippen LogP contribution in [0, 0.1) is 0 Å². The summed E-state index contributed by atoms with van der Waals surface area (Å²) in [5.74, 6) is -0.0362. The zero-order chi connectivity index (χ0) is 17.5. The van der Waals surface area contributed by atoms with Gasteiger partial charge in [0.2, 0.25) is 15.9 Å². The van der Waals surface area contributed by atoms with E-state index >= 15 is 0 Å². The van der Waals surface area contributed by atoms with Crippen LogP contribution in [-0.2, 0) is 21.2 Å². The molecule has 0 radical (unpaired) electrons. The first-order valence-corrected chi connectivity index (χ1v) is 10.4. The minimum atomic E-state index is -3.63. The lowest BCUT2D eigenvalue weighted by molar-refractivity contribution is -0.118. The maximum Gasteiger partial charge on any atom is 0.245 e. The van der Waals surface area contributed by atoms with E-state index in [1.54, 1.807) is 17.9 Å². The van der Waals surface area contributed by atoms with Gasteiger partial charge in [-0.25, -0.2) is 8.42 Å². The van der Waals surface area contributed by atoms with Crippen molar-refractivity contribution in [3.8, 4) is 0 Å². The summed E-state index contributed by atoms with van der Waals surface area (Å²) in [6, 6.07) is 3.55. The van der Waals surface area contributed by atoms with Gasteiger partial charge >= 0.3 is 0 Å². The molecule has 1 amide bonds. The number of likely N-dealkylation sites (N-methyl/N-ethyl adjacent to an activating group) is 1. The third-order valence-corrected chi connectivity index (χ3v) is 7.05. The number of benzene rings is 1. The smallest absolute Gasteiger partial charge is 0.245 e. The van der Waals surface area contributed by atoms with Crippen molar-refractivity contribution in [1.29, 1.82) is 0 Å². The molecule has 0 bridgehead atoms. The number of hydrogen-bond donors (Lipinski definition) is 0. The number of amides is 1. The van der Waals surface area contributed by atoms with E-state index in [1.807, 2.05) is 13.1 Å². The maximum atomic E-state index is 13.2. The number of halogens is 1. The van der Waals surface area contributed by atoms with Gasteiger partial charge in [0.05, 0.1) is 5.69 Å². The van der Waals surface area contributed by atoms with Gasteiger partial charge in [0.15, 0.2) is 0 Å². The minimum Gasteiger partial charge on any atom is -0.310 e. The Kier molecular flexibility index (Phi) is 5.01. The molecule has 1 fully saturated rings. The lowest BCUT2D eigenvalue weighted by atomic mass is 10.2. The van der Waals surface area contributed by atoms with Gasteiger partial charge in [0, 0.05) is 43.6 Å². The summed E-state index contributed by atoms with van der Waals surface area (Å²) in [7, 11) is -1.64. The number of nitrogens with zero attached hydrogens (tertiary/aromatic N) is 3. The van der Waals surface area contributed by atoms with Gasteiger partial charge in [-0.15, -0.1) is 0 Å². The van der Waals surface area contributed by atoms with Crippen molar-refractivity contribution < 1.29 is 13.2 Å². The van der Waals surface area contributed by atoms with Crippen LogP contribution in [0.15, 0.2) is 21.5 Å². The first-order valence-electron chi connectivity index (χ1n) is 8.16. The second-order valence-corrected chi connectivity index (χ2v) is 9.09. The molecule has 2 aliphatic rings. The Labute approximate surface area is 151 Å². The average molecular weight is 416 g/mol. The van der Waals surface area contributed by atoms with Gasteiger partial charge in [-0.05, 0) is 31.2 Å². The van der Waals surface area contributed by atoms with E-state index in [9.17, 15) is 13.2 Å². The van der Waals surface area contributed by atoms with Crippen molar-refractivity contribution in [3.63, 3.8) is 0 Å². The largest absolute Gasteiger partial charge is 0.310 e. The summed E-state index contributed by atoms with van der Waals surface area (Å²) in [5, 5.41) is 0. The molecule has 0 aliphatic carbocycles. The SMILES string of the molecule is CCC(=O)N1CCc2cc(Br)cc(S(=O)(=O)N3CCN(C)CC3)c21. The first-order chi connectivity index (χ1) is 11.3. The summed E-state index contributed by atoms with van der Waals surface area (Å²) < 4.78 is 28.7. The first kappa shape index (κ1) is 17.8. The Bertz CT molecular complexity index is 758. The summed E-state index contributed by atoms with van der Waals surface area (Å²) in [6.07, 6.45) is 1.05. The third kappa shape index (κ3) is 3.12. The molecule has 6 nitrogen and oxygen atoms in total. The van der Waals surface area contributed by atoms with E-state index in [-0.39, 0.29) is 10.8 Å². The van der Waals surface area contributed by atoms with Crippen LogP contribution < -0.4 is 4.90 Å². The molecule has 1 saturated heterocycles. The molecule has 0 atom stereocenters. The molecule has 0 aromatic heterocycles. The van der Waals surface area contributed by atoms with Crippen molar-refractivity contribution in [2.24, 2.45) is 0 Å². The fourth-order valence-corrected chi connectivity index (χ4v) is 5.61. The van der Waals surface area contributed by atoms with Gasteiger partial charge in [0.1, 0.15) is 4.90 Å². The molecule has 8 heteroatoms. The Morgan fingerprint density at radius 1 is 1.17 bits per heavy atom. The van der Waals surface area contributed by atoms with Crippen LogP contribution in [-0.4, -0.2) is 63.3 Å². The number of rotatable bonds is 3. The highest BCUT2D eigenvalue weighted by atomic mass is 79.9. The Balaban J connectivity index is 2.06. The van der Waals surface area contributed by atoms with Crippen LogP contribution in [0.4, 0.5) is 5.69 Å².